The summed E-state index contributed by atoms with van der Waals surface area (Å²) in [6, 6.07) is 2.89. The van der Waals surface area contributed by atoms with Crippen molar-refractivity contribution in [1.29, 1.82) is 0 Å². The first-order chi connectivity index (χ1) is 13.1. The van der Waals surface area contributed by atoms with Gasteiger partial charge in [0.05, 0.1) is 5.56 Å². The van der Waals surface area contributed by atoms with Crippen molar-refractivity contribution in [3.8, 4) is 11.8 Å². The predicted octanol–water partition coefficient (Wildman–Crippen LogP) is 7.29. The van der Waals surface area contributed by atoms with Gasteiger partial charge in [0.2, 0.25) is 0 Å². The second-order valence-electron chi connectivity index (χ2n) is 8.75. The standard InChI is InChI=1S/C25H34F2/c1-3-5-20-16-24(26)23(25(27)17-20)15-10-19-8-13-22(14-9-19)21-11-6-18(4-2)7-12-21/h16-19,21-22H,3-9,11-14H2,1-2H3/t18-,19-,21-,22-. The fraction of sp³-hybridized carbons (Fsp3) is 0.680. The second-order valence-corrected chi connectivity index (χ2v) is 8.75. The Morgan fingerprint density at radius 1 is 0.852 bits per heavy atom. The van der Waals surface area contributed by atoms with E-state index in [0.717, 1.165) is 42.6 Å². The molecule has 0 amide bonds. The van der Waals surface area contributed by atoms with E-state index in [1.807, 2.05) is 6.92 Å². The minimum absolute atomic E-state index is 0.0464. The van der Waals surface area contributed by atoms with Crippen molar-refractivity contribution in [2.75, 3.05) is 0 Å². The fourth-order valence-electron chi connectivity index (χ4n) is 5.16. The Balaban J connectivity index is 1.54. The summed E-state index contributed by atoms with van der Waals surface area (Å²) < 4.78 is 28.4. The van der Waals surface area contributed by atoms with Gasteiger partial charge in [-0.1, -0.05) is 51.4 Å². The van der Waals surface area contributed by atoms with Crippen LogP contribution in [0.25, 0.3) is 0 Å². The second kappa shape index (κ2) is 9.72. The molecule has 0 nitrogen and oxygen atoms in total. The molecule has 2 heteroatoms. The van der Waals surface area contributed by atoms with Gasteiger partial charge < -0.3 is 0 Å². The maximum atomic E-state index is 14.2. The third-order valence-electron chi connectivity index (χ3n) is 6.95. The first kappa shape index (κ1) is 20.4. The van der Waals surface area contributed by atoms with Gasteiger partial charge in [0.25, 0.3) is 0 Å². The summed E-state index contributed by atoms with van der Waals surface area (Å²) in [6.07, 6.45) is 13.2. The lowest BCUT2D eigenvalue weighted by Crippen LogP contribution is -2.25. The quantitative estimate of drug-likeness (QED) is 0.487. The molecule has 0 heterocycles. The lowest BCUT2D eigenvalue weighted by molar-refractivity contribution is 0.156. The number of halogens is 2. The highest BCUT2D eigenvalue weighted by Crippen LogP contribution is 2.41. The molecule has 0 bridgehead atoms. The van der Waals surface area contributed by atoms with Gasteiger partial charge in [0.15, 0.2) is 0 Å². The minimum Gasteiger partial charge on any atom is -0.206 e. The topological polar surface area (TPSA) is 0 Å². The van der Waals surface area contributed by atoms with E-state index in [-0.39, 0.29) is 5.56 Å². The molecule has 0 unspecified atom stereocenters. The SMILES string of the molecule is CCCc1cc(F)c(C#C[C@H]2CC[C@H]([C@H]3CC[C@H](CC)CC3)CC2)c(F)c1. The largest absolute Gasteiger partial charge is 0.206 e. The molecule has 0 saturated heterocycles. The van der Waals surface area contributed by atoms with Crippen molar-refractivity contribution in [1.82, 2.24) is 0 Å². The van der Waals surface area contributed by atoms with E-state index < -0.39 is 11.6 Å². The Hall–Kier alpha value is -1.36. The van der Waals surface area contributed by atoms with Crippen molar-refractivity contribution >= 4 is 0 Å². The van der Waals surface area contributed by atoms with E-state index in [9.17, 15) is 8.78 Å². The highest BCUT2D eigenvalue weighted by atomic mass is 19.1. The first-order valence-electron chi connectivity index (χ1n) is 11.1. The first-order valence-corrected chi connectivity index (χ1v) is 11.1. The highest BCUT2D eigenvalue weighted by molar-refractivity contribution is 5.39. The van der Waals surface area contributed by atoms with E-state index in [1.54, 1.807) is 0 Å². The van der Waals surface area contributed by atoms with E-state index in [2.05, 4.69) is 18.8 Å². The minimum atomic E-state index is -0.507. The molecule has 2 aliphatic carbocycles. The van der Waals surface area contributed by atoms with Crippen LogP contribution in [0, 0.1) is 47.1 Å². The Labute approximate surface area is 164 Å². The molecule has 2 fully saturated rings. The molecule has 1 aromatic carbocycles. The van der Waals surface area contributed by atoms with Crippen LogP contribution in [-0.4, -0.2) is 0 Å². The van der Waals surface area contributed by atoms with Crippen LogP contribution in [0.1, 0.15) is 89.2 Å². The zero-order chi connectivity index (χ0) is 19.2. The fourth-order valence-corrected chi connectivity index (χ4v) is 5.16. The van der Waals surface area contributed by atoms with E-state index in [1.165, 1.54) is 57.1 Å². The Bertz CT molecular complexity index is 642. The lowest BCUT2D eigenvalue weighted by atomic mass is 9.69. The number of benzene rings is 1. The van der Waals surface area contributed by atoms with Gasteiger partial charge in [0.1, 0.15) is 11.6 Å². The number of aryl methyl sites for hydroxylation is 1. The highest BCUT2D eigenvalue weighted by Gasteiger charge is 2.30. The lowest BCUT2D eigenvalue weighted by Gasteiger charge is -2.36. The summed E-state index contributed by atoms with van der Waals surface area (Å²) in [5.41, 5.74) is 0.672. The predicted molar refractivity (Wildman–Crippen MR) is 108 cm³/mol. The van der Waals surface area contributed by atoms with Crippen LogP contribution >= 0.6 is 0 Å². The molecule has 1 aromatic rings. The smallest absolute Gasteiger partial charge is 0.142 e. The Morgan fingerprint density at radius 3 is 1.93 bits per heavy atom. The van der Waals surface area contributed by atoms with Gasteiger partial charge in [-0.3, -0.25) is 0 Å². The van der Waals surface area contributed by atoms with Crippen LogP contribution in [0.3, 0.4) is 0 Å². The molecule has 0 N–H and O–H groups in total. The normalized spacial score (nSPS) is 28.4. The molecule has 0 atom stereocenters. The molecular weight excluding hydrogens is 338 g/mol. The summed E-state index contributed by atoms with van der Waals surface area (Å²) >= 11 is 0. The van der Waals surface area contributed by atoms with Crippen molar-refractivity contribution in [3.05, 3.63) is 34.9 Å². The van der Waals surface area contributed by atoms with E-state index >= 15 is 0 Å². The van der Waals surface area contributed by atoms with Crippen molar-refractivity contribution in [3.63, 3.8) is 0 Å². The van der Waals surface area contributed by atoms with Crippen LogP contribution in [0.5, 0.6) is 0 Å². The van der Waals surface area contributed by atoms with E-state index in [0.29, 0.717) is 12.3 Å². The number of rotatable bonds is 4. The Kier molecular flexibility index (Phi) is 7.33. The Morgan fingerprint density at radius 2 is 1.41 bits per heavy atom. The van der Waals surface area contributed by atoms with Gasteiger partial charge >= 0.3 is 0 Å². The molecular formula is C25H34F2. The summed E-state index contributed by atoms with van der Waals surface area (Å²) in [4.78, 5) is 0. The molecule has 27 heavy (non-hydrogen) atoms. The molecule has 3 rings (SSSR count). The monoisotopic (exact) mass is 372 g/mol. The van der Waals surface area contributed by atoms with Crippen molar-refractivity contribution in [2.45, 2.75) is 84.5 Å². The van der Waals surface area contributed by atoms with Crippen LogP contribution in [-0.2, 0) is 6.42 Å². The molecule has 0 spiro atoms. The summed E-state index contributed by atoms with van der Waals surface area (Å²) in [5, 5.41) is 0. The van der Waals surface area contributed by atoms with Gasteiger partial charge in [-0.25, -0.2) is 8.78 Å². The zero-order valence-electron chi connectivity index (χ0n) is 17.0. The zero-order valence-corrected chi connectivity index (χ0v) is 17.0. The average Bonchev–Trinajstić information content (AvgIpc) is 2.68. The molecule has 2 aliphatic rings. The third kappa shape index (κ3) is 5.34. The molecule has 0 radical (unpaired) electrons. The van der Waals surface area contributed by atoms with Crippen LogP contribution < -0.4 is 0 Å². The van der Waals surface area contributed by atoms with Gasteiger partial charge in [-0.15, -0.1) is 0 Å². The van der Waals surface area contributed by atoms with Crippen LogP contribution in [0.2, 0.25) is 0 Å². The summed E-state index contributed by atoms with van der Waals surface area (Å²) in [6.45, 7) is 4.33. The van der Waals surface area contributed by atoms with E-state index in [4.69, 9.17) is 0 Å². The molecule has 2 saturated carbocycles. The number of hydrogen-bond donors (Lipinski definition) is 0. The average molecular weight is 373 g/mol. The third-order valence-corrected chi connectivity index (χ3v) is 6.95. The maximum absolute atomic E-state index is 14.2. The van der Waals surface area contributed by atoms with Crippen LogP contribution in [0.15, 0.2) is 12.1 Å². The van der Waals surface area contributed by atoms with Gasteiger partial charge in [-0.2, -0.15) is 0 Å². The maximum Gasteiger partial charge on any atom is 0.142 e. The molecule has 148 valence electrons. The number of hydrogen-bond acceptors (Lipinski definition) is 0. The van der Waals surface area contributed by atoms with Gasteiger partial charge in [0, 0.05) is 5.92 Å². The van der Waals surface area contributed by atoms with Gasteiger partial charge in [-0.05, 0) is 80.4 Å². The van der Waals surface area contributed by atoms with Crippen LogP contribution in [0.4, 0.5) is 8.78 Å². The molecule has 0 aliphatic heterocycles. The van der Waals surface area contributed by atoms with Crippen molar-refractivity contribution in [2.24, 2.45) is 23.7 Å². The summed E-state index contributed by atoms with van der Waals surface area (Å²) in [5.74, 6) is 8.00. The van der Waals surface area contributed by atoms with Crippen molar-refractivity contribution < 1.29 is 8.78 Å². The molecule has 0 aromatic heterocycles. The summed E-state index contributed by atoms with van der Waals surface area (Å²) in [7, 11) is 0.